The quantitative estimate of drug-likeness (QED) is 0.499. The van der Waals surface area contributed by atoms with Gasteiger partial charge in [0.25, 0.3) is 0 Å². The van der Waals surface area contributed by atoms with Crippen LogP contribution in [0.3, 0.4) is 0 Å². The Hall–Kier alpha value is -2.25. The number of nitrogens with one attached hydrogen (secondary N) is 1. The van der Waals surface area contributed by atoms with Gasteiger partial charge >= 0.3 is 6.18 Å². The third kappa shape index (κ3) is 7.11. The third-order valence-electron chi connectivity index (χ3n) is 4.04. The van der Waals surface area contributed by atoms with E-state index in [9.17, 15) is 18.0 Å². The Morgan fingerprint density at radius 2 is 1.89 bits per heavy atom. The topological polar surface area (TPSA) is 51.2 Å². The highest BCUT2D eigenvalue weighted by Crippen LogP contribution is 2.29. The molecule has 0 saturated carbocycles. The number of aryl methyl sites for hydroxylation is 1. The standard InChI is InChI=1S/C20H23F3N2O2/c1-24-11-12-27-14-18-10-5-15(13-25-18)3-2-4-19(26)16-6-8-17(9-7-16)20(21,22)23/h5-10,13,24H,2-4,11-12,14H2,1H3. The summed E-state index contributed by atoms with van der Waals surface area (Å²) < 4.78 is 43.1. The van der Waals surface area contributed by atoms with Crippen LogP contribution in [-0.4, -0.2) is 31.0 Å². The van der Waals surface area contributed by atoms with Crippen molar-refractivity contribution in [3.05, 3.63) is 65.0 Å². The summed E-state index contributed by atoms with van der Waals surface area (Å²) in [6.07, 6.45) is -1.06. The Morgan fingerprint density at radius 1 is 1.15 bits per heavy atom. The van der Waals surface area contributed by atoms with Crippen LogP contribution in [0.4, 0.5) is 13.2 Å². The van der Waals surface area contributed by atoms with Crippen LogP contribution in [0.5, 0.6) is 0 Å². The van der Waals surface area contributed by atoms with Gasteiger partial charge in [-0.25, -0.2) is 0 Å². The molecule has 2 aromatic rings. The Balaban J connectivity index is 1.76. The highest BCUT2D eigenvalue weighted by Gasteiger charge is 2.30. The van der Waals surface area contributed by atoms with Gasteiger partial charge in [0.15, 0.2) is 5.78 Å². The largest absolute Gasteiger partial charge is 0.416 e. The van der Waals surface area contributed by atoms with Gasteiger partial charge in [0, 0.05) is 24.7 Å². The lowest BCUT2D eigenvalue weighted by Gasteiger charge is -2.07. The average Bonchev–Trinajstić information content (AvgIpc) is 2.66. The second-order valence-corrected chi connectivity index (χ2v) is 6.17. The molecule has 0 aliphatic heterocycles. The van der Waals surface area contributed by atoms with Crippen molar-refractivity contribution >= 4 is 5.78 Å². The molecule has 1 aromatic heterocycles. The summed E-state index contributed by atoms with van der Waals surface area (Å²) in [5.74, 6) is -0.161. The highest BCUT2D eigenvalue weighted by atomic mass is 19.4. The van der Waals surface area contributed by atoms with Crippen molar-refractivity contribution in [2.24, 2.45) is 0 Å². The number of benzene rings is 1. The summed E-state index contributed by atoms with van der Waals surface area (Å²) in [5, 5.41) is 2.99. The molecule has 0 aliphatic rings. The Kier molecular flexibility index (Phi) is 7.94. The summed E-state index contributed by atoms with van der Waals surface area (Å²) >= 11 is 0. The van der Waals surface area contributed by atoms with E-state index < -0.39 is 11.7 Å². The second-order valence-electron chi connectivity index (χ2n) is 6.17. The normalized spacial score (nSPS) is 11.6. The molecule has 1 aromatic carbocycles. The first-order valence-electron chi connectivity index (χ1n) is 8.77. The van der Waals surface area contributed by atoms with E-state index in [1.807, 2.05) is 19.2 Å². The van der Waals surface area contributed by atoms with Gasteiger partial charge in [-0.15, -0.1) is 0 Å². The molecule has 2 rings (SSSR count). The van der Waals surface area contributed by atoms with E-state index in [1.165, 1.54) is 12.1 Å². The van der Waals surface area contributed by atoms with Crippen molar-refractivity contribution < 1.29 is 22.7 Å². The zero-order chi connectivity index (χ0) is 19.7. The van der Waals surface area contributed by atoms with Crippen LogP contribution in [0.15, 0.2) is 42.6 Å². The average molecular weight is 380 g/mol. The predicted molar refractivity (Wildman–Crippen MR) is 96.5 cm³/mol. The van der Waals surface area contributed by atoms with E-state index in [-0.39, 0.29) is 12.2 Å². The Morgan fingerprint density at radius 3 is 2.48 bits per heavy atom. The number of aromatic nitrogens is 1. The van der Waals surface area contributed by atoms with Crippen LogP contribution in [0.1, 0.15) is 40.0 Å². The number of ether oxygens (including phenoxy) is 1. The van der Waals surface area contributed by atoms with Gasteiger partial charge in [-0.3, -0.25) is 9.78 Å². The first-order valence-corrected chi connectivity index (χ1v) is 8.77. The van der Waals surface area contributed by atoms with E-state index in [1.54, 1.807) is 6.20 Å². The number of alkyl halides is 3. The zero-order valence-corrected chi connectivity index (χ0v) is 15.2. The maximum absolute atomic E-state index is 12.5. The molecule has 1 N–H and O–H groups in total. The summed E-state index contributed by atoms with van der Waals surface area (Å²) in [6.45, 7) is 1.85. The van der Waals surface area contributed by atoms with Crippen LogP contribution in [0, 0.1) is 0 Å². The minimum Gasteiger partial charge on any atom is -0.374 e. The molecule has 0 atom stereocenters. The maximum atomic E-state index is 12.5. The molecule has 0 spiro atoms. The lowest BCUT2D eigenvalue weighted by molar-refractivity contribution is -0.137. The molecule has 0 bridgehead atoms. The number of ketones is 1. The van der Waals surface area contributed by atoms with Gasteiger partial charge in [0.05, 0.1) is 24.5 Å². The molecule has 27 heavy (non-hydrogen) atoms. The van der Waals surface area contributed by atoms with Crippen molar-refractivity contribution in [1.29, 1.82) is 0 Å². The van der Waals surface area contributed by atoms with Crippen LogP contribution in [-0.2, 0) is 23.9 Å². The fourth-order valence-corrected chi connectivity index (χ4v) is 2.48. The minimum absolute atomic E-state index is 0.161. The first kappa shape index (κ1) is 21.1. The van der Waals surface area contributed by atoms with Crippen molar-refractivity contribution in [2.45, 2.75) is 32.0 Å². The smallest absolute Gasteiger partial charge is 0.374 e. The highest BCUT2D eigenvalue weighted by molar-refractivity contribution is 5.96. The van der Waals surface area contributed by atoms with Crippen molar-refractivity contribution in [3.8, 4) is 0 Å². The lowest BCUT2D eigenvalue weighted by atomic mass is 10.0. The maximum Gasteiger partial charge on any atom is 0.416 e. The zero-order valence-electron chi connectivity index (χ0n) is 15.2. The molecule has 4 nitrogen and oxygen atoms in total. The molecule has 0 amide bonds. The molecule has 0 unspecified atom stereocenters. The van der Waals surface area contributed by atoms with E-state index in [0.29, 0.717) is 31.6 Å². The van der Waals surface area contributed by atoms with Gasteiger partial charge in [0.1, 0.15) is 0 Å². The molecule has 0 radical (unpaired) electrons. The number of nitrogens with zero attached hydrogens (tertiary/aromatic N) is 1. The van der Waals surface area contributed by atoms with Gasteiger partial charge in [0.2, 0.25) is 0 Å². The van der Waals surface area contributed by atoms with Crippen LogP contribution in [0.25, 0.3) is 0 Å². The number of hydrogen-bond donors (Lipinski definition) is 1. The minimum atomic E-state index is -4.39. The fraction of sp³-hybridized carbons (Fsp3) is 0.400. The lowest BCUT2D eigenvalue weighted by Crippen LogP contribution is -2.14. The molecule has 0 fully saturated rings. The number of hydrogen-bond acceptors (Lipinski definition) is 4. The molecule has 7 heteroatoms. The number of rotatable bonds is 10. The van der Waals surface area contributed by atoms with Gasteiger partial charge < -0.3 is 10.1 Å². The van der Waals surface area contributed by atoms with Crippen LogP contribution >= 0.6 is 0 Å². The summed E-state index contributed by atoms with van der Waals surface area (Å²) in [7, 11) is 1.86. The van der Waals surface area contributed by atoms with Gasteiger partial charge in [-0.1, -0.05) is 18.2 Å². The van der Waals surface area contributed by atoms with E-state index in [0.717, 1.165) is 29.9 Å². The Bertz CT molecular complexity index is 714. The molecule has 146 valence electrons. The van der Waals surface area contributed by atoms with Crippen molar-refractivity contribution in [3.63, 3.8) is 0 Å². The van der Waals surface area contributed by atoms with Crippen molar-refractivity contribution in [2.75, 3.05) is 20.2 Å². The van der Waals surface area contributed by atoms with Gasteiger partial charge in [-0.05, 0) is 43.7 Å². The molecule has 0 saturated heterocycles. The van der Waals surface area contributed by atoms with Gasteiger partial charge in [-0.2, -0.15) is 13.2 Å². The summed E-state index contributed by atoms with van der Waals surface area (Å²) in [4.78, 5) is 16.4. The molecular formula is C20H23F3N2O2. The number of carbonyl (C=O) groups is 1. The number of carbonyl (C=O) groups excluding carboxylic acids is 1. The second kappa shape index (κ2) is 10.2. The Labute approximate surface area is 156 Å². The molecular weight excluding hydrogens is 357 g/mol. The summed E-state index contributed by atoms with van der Waals surface area (Å²) in [5.41, 5.74) is 1.40. The number of pyridine rings is 1. The fourth-order valence-electron chi connectivity index (χ4n) is 2.48. The molecule has 0 aliphatic carbocycles. The van der Waals surface area contributed by atoms with Crippen molar-refractivity contribution in [1.82, 2.24) is 10.3 Å². The first-order chi connectivity index (χ1) is 12.9. The number of Topliss-reactive ketones (excluding diaryl/α,β-unsaturated/α-hetero) is 1. The monoisotopic (exact) mass is 380 g/mol. The van der Waals surface area contributed by atoms with E-state index in [4.69, 9.17) is 4.74 Å². The van der Waals surface area contributed by atoms with E-state index in [2.05, 4.69) is 10.3 Å². The SMILES string of the molecule is CNCCOCc1ccc(CCCC(=O)c2ccc(C(F)(F)F)cc2)cn1. The number of halogens is 3. The summed E-state index contributed by atoms with van der Waals surface area (Å²) in [6, 6.07) is 8.19. The van der Waals surface area contributed by atoms with E-state index >= 15 is 0 Å². The van der Waals surface area contributed by atoms with Crippen LogP contribution in [0.2, 0.25) is 0 Å². The third-order valence-corrected chi connectivity index (χ3v) is 4.04. The van der Waals surface area contributed by atoms with Crippen LogP contribution < -0.4 is 5.32 Å². The molecule has 1 heterocycles. The number of likely N-dealkylation sites (N-methyl/N-ethyl adjacent to an activating group) is 1. The predicted octanol–water partition coefficient (Wildman–Crippen LogP) is 4.04.